The normalized spacial score (nSPS) is 11.6. The van der Waals surface area contributed by atoms with Gasteiger partial charge < -0.3 is 5.73 Å². The van der Waals surface area contributed by atoms with Crippen LogP contribution < -0.4 is 5.73 Å². The summed E-state index contributed by atoms with van der Waals surface area (Å²) < 4.78 is 38.7. The number of anilines is 1. The summed E-state index contributed by atoms with van der Waals surface area (Å²) in [4.78, 5) is 3.84. The van der Waals surface area contributed by atoms with E-state index in [9.17, 15) is 13.2 Å². The fraction of sp³-hybridized carbons (Fsp3) is 0.154. The van der Waals surface area contributed by atoms with Crippen LogP contribution in [0.3, 0.4) is 0 Å². The third-order valence-corrected chi connectivity index (χ3v) is 3.04. The van der Waals surface area contributed by atoms with Gasteiger partial charge in [-0.15, -0.1) is 0 Å². The van der Waals surface area contributed by atoms with Crippen LogP contribution in [0.5, 0.6) is 0 Å². The van der Waals surface area contributed by atoms with Crippen molar-refractivity contribution in [1.29, 1.82) is 0 Å². The molecule has 19 heavy (non-hydrogen) atoms. The van der Waals surface area contributed by atoms with Crippen LogP contribution in [-0.2, 0) is 6.18 Å². The Balaban J connectivity index is 2.60. The molecule has 2 N–H and O–H groups in total. The maximum absolute atomic E-state index is 12.9. The Kier molecular flexibility index (Phi) is 3.41. The van der Waals surface area contributed by atoms with Crippen LogP contribution in [0.4, 0.5) is 18.9 Å². The summed E-state index contributed by atoms with van der Waals surface area (Å²) >= 11 is 5.64. The number of pyridine rings is 1. The minimum absolute atomic E-state index is 0.0261. The molecule has 0 unspecified atom stereocenters. The molecule has 0 radical (unpaired) electrons. The van der Waals surface area contributed by atoms with Gasteiger partial charge in [-0.1, -0.05) is 11.6 Å². The van der Waals surface area contributed by atoms with Gasteiger partial charge in [0.05, 0.1) is 5.56 Å². The number of halogens is 4. The van der Waals surface area contributed by atoms with E-state index < -0.39 is 11.7 Å². The second kappa shape index (κ2) is 4.74. The number of nitrogen functional groups attached to an aromatic ring is 1. The third-order valence-electron chi connectivity index (χ3n) is 2.81. The Hall–Kier alpha value is -1.75. The molecular formula is C13H10ClF3N2. The summed E-state index contributed by atoms with van der Waals surface area (Å²) in [5.74, 6) is 0. The highest BCUT2D eigenvalue weighted by Crippen LogP contribution is 2.37. The number of nitrogens with two attached hydrogens (primary N) is 1. The van der Waals surface area contributed by atoms with Crippen LogP contribution in [0, 0.1) is 6.92 Å². The maximum atomic E-state index is 12.9. The van der Waals surface area contributed by atoms with Crippen molar-refractivity contribution < 1.29 is 13.2 Å². The zero-order valence-electron chi connectivity index (χ0n) is 9.92. The van der Waals surface area contributed by atoms with Crippen molar-refractivity contribution in [2.45, 2.75) is 13.1 Å². The van der Waals surface area contributed by atoms with Gasteiger partial charge in [0.25, 0.3) is 0 Å². The first-order valence-electron chi connectivity index (χ1n) is 5.38. The molecule has 0 amide bonds. The number of hydrogen-bond acceptors (Lipinski definition) is 2. The zero-order chi connectivity index (χ0) is 14.2. The molecule has 1 aromatic carbocycles. The molecule has 6 heteroatoms. The van der Waals surface area contributed by atoms with Gasteiger partial charge >= 0.3 is 6.18 Å². The maximum Gasteiger partial charge on any atom is 0.416 e. The average molecular weight is 287 g/mol. The molecule has 2 rings (SSSR count). The van der Waals surface area contributed by atoms with E-state index in [0.29, 0.717) is 11.1 Å². The SMILES string of the molecule is Cc1c(N)cc(-c2ccc(Cl)nc2)cc1C(F)(F)F. The lowest BCUT2D eigenvalue weighted by Gasteiger charge is -2.14. The van der Waals surface area contributed by atoms with Crippen molar-refractivity contribution >= 4 is 17.3 Å². The van der Waals surface area contributed by atoms with E-state index in [1.807, 2.05) is 0 Å². The first-order chi connectivity index (χ1) is 8.79. The minimum Gasteiger partial charge on any atom is -0.398 e. The van der Waals surface area contributed by atoms with E-state index in [2.05, 4.69) is 4.98 Å². The van der Waals surface area contributed by atoms with E-state index in [1.165, 1.54) is 25.3 Å². The lowest BCUT2D eigenvalue weighted by Crippen LogP contribution is -2.09. The van der Waals surface area contributed by atoms with Gasteiger partial charge in [-0.05, 0) is 42.3 Å². The quantitative estimate of drug-likeness (QED) is 0.626. The second-order valence-corrected chi connectivity index (χ2v) is 4.49. The molecular weight excluding hydrogens is 277 g/mol. The molecule has 0 spiro atoms. The summed E-state index contributed by atoms with van der Waals surface area (Å²) in [6, 6.07) is 5.67. The van der Waals surface area contributed by atoms with Crippen LogP contribution in [0.2, 0.25) is 5.15 Å². The topological polar surface area (TPSA) is 38.9 Å². The van der Waals surface area contributed by atoms with Crippen molar-refractivity contribution in [3.63, 3.8) is 0 Å². The van der Waals surface area contributed by atoms with E-state index >= 15 is 0 Å². The number of alkyl halides is 3. The Labute approximate surface area is 113 Å². The molecule has 2 aromatic rings. The first kappa shape index (κ1) is 13.7. The molecule has 0 fully saturated rings. The smallest absolute Gasteiger partial charge is 0.398 e. The minimum atomic E-state index is -4.44. The summed E-state index contributed by atoms with van der Waals surface area (Å²) in [7, 11) is 0. The number of rotatable bonds is 1. The highest BCUT2D eigenvalue weighted by Gasteiger charge is 2.33. The Morgan fingerprint density at radius 1 is 1.16 bits per heavy atom. The van der Waals surface area contributed by atoms with Gasteiger partial charge in [0, 0.05) is 17.4 Å². The molecule has 0 atom stereocenters. The molecule has 0 aliphatic rings. The lowest BCUT2D eigenvalue weighted by molar-refractivity contribution is -0.137. The predicted octanol–water partition coefficient (Wildman–Crippen LogP) is 4.31. The Bertz CT molecular complexity index is 607. The van der Waals surface area contributed by atoms with E-state index in [1.54, 1.807) is 6.07 Å². The van der Waals surface area contributed by atoms with Crippen LogP contribution in [0.25, 0.3) is 11.1 Å². The first-order valence-corrected chi connectivity index (χ1v) is 5.76. The van der Waals surface area contributed by atoms with Crippen molar-refractivity contribution in [2.75, 3.05) is 5.73 Å². The Morgan fingerprint density at radius 3 is 2.37 bits per heavy atom. The summed E-state index contributed by atoms with van der Waals surface area (Å²) in [6.45, 7) is 1.35. The lowest BCUT2D eigenvalue weighted by atomic mass is 9.99. The predicted molar refractivity (Wildman–Crippen MR) is 68.8 cm³/mol. The van der Waals surface area contributed by atoms with E-state index in [0.717, 1.165) is 6.07 Å². The van der Waals surface area contributed by atoms with Crippen LogP contribution in [0.1, 0.15) is 11.1 Å². The number of hydrogen-bond donors (Lipinski definition) is 1. The average Bonchev–Trinajstić information content (AvgIpc) is 2.32. The Morgan fingerprint density at radius 2 is 1.84 bits per heavy atom. The molecule has 100 valence electrons. The largest absolute Gasteiger partial charge is 0.416 e. The highest BCUT2D eigenvalue weighted by molar-refractivity contribution is 6.29. The van der Waals surface area contributed by atoms with E-state index in [-0.39, 0.29) is 16.4 Å². The summed E-state index contributed by atoms with van der Waals surface area (Å²) in [5.41, 5.74) is 5.91. The van der Waals surface area contributed by atoms with Gasteiger partial charge in [-0.2, -0.15) is 13.2 Å². The molecule has 0 bridgehead atoms. The molecule has 0 aliphatic carbocycles. The zero-order valence-corrected chi connectivity index (χ0v) is 10.7. The summed E-state index contributed by atoms with van der Waals surface area (Å²) in [5, 5.41) is 0.278. The number of benzene rings is 1. The van der Waals surface area contributed by atoms with E-state index in [4.69, 9.17) is 17.3 Å². The second-order valence-electron chi connectivity index (χ2n) is 4.11. The van der Waals surface area contributed by atoms with Crippen molar-refractivity contribution in [2.24, 2.45) is 0 Å². The molecule has 0 aliphatic heterocycles. The van der Waals surface area contributed by atoms with Gasteiger partial charge in [-0.25, -0.2) is 4.98 Å². The summed E-state index contributed by atoms with van der Waals surface area (Å²) in [6.07, 6.45) is -3.03. The highest BCUT2D eigenvalue weighted by atomic mass is 35.5. The number of nitrogens with zero attached hydrogens (tertiary/aromatic N) is 1. The monoisotopic (exact) mass is 286 g/mol. The molecule has 2 nitrogen and oxygen atoms in total. The van der Waals surface area contributed by atoms with Crippen molar-refractivity contribution in [3.8, 4) is 11.1 Å². The number of aromatic nitrogens is 1. The van der Waals surface area contributed by atoms with Gasteiger partial charge in [0.15, 0.2) is 0 Å². The standard InChI is InChI=1S/C13H10ClF3N2/c1-7-10(13(15,16)17)4-9(5-11(7)18)8-2-3-12(14)19-6-8/h2-6H,18H2,1H3. The van der Waals surface area contributed by atoms with Crippen LogP contribution >= 0.6 is 11.6 Å². The fourth-order valence-corrected chi connectivity index (χ4v) is 1.86. The van der Waals surface area contributed by atoms with Gasteiger partial charge in [0.1, 0.15) is 5.15 Å². The molecule has 0 saturated heterocycles. The molecule has 0 saturated carbocycles. The van der Waals surface area contributed by atoms with Crippen LogP contribution in [-0.4, -0.2) is 4.98 Å². The van der Waals surface area contributed by atoms with Gasteiger partial charge in [0.2, 0.25) is 0 Å². The molecule has 1 heterocycles. The van der Waals surface area contributed by atoms with Crippen LogP contribution in [0.15, 0.2) is 30.5 Å². The van der Waals surface area contributed by atoms with Crippen molar-refractivity contribution in [3.05, 3.63) is 46.7 Å². The van der Waals surface area contributed by atoms with Crippen molar-refractivity contribution in [1.82, 2.24) is 4.98 Å². The molecule has 1 aromatic heterocycles. The fourth-order valence-electron chi connectivity index (χ4n) is 1.74. The van der Waals surface area contributed by atoms with Gasteiger partial charge in [-0.3, -0.25) is 0 Å². The third kappa shape index (κ3) is 2.81.